The van der Waals surface area contributed by atoms with Gasteiger partial charge in [0.05, 0.1) is 21.0 Å². The second kappa shape index (κ2) is 13.3. The van der Waals surface area contributed by atoms with Crippen LogP contribution in [0.4, 0.5) is 40.0 Å². The molecule has 4 heterocycles. The highest BCUT2D eigenvalue weighted by atomic mass is 32.2. The molecule has 2 fully saturated rings. The molecular weight excluding hydrogens is 667 g/mol. The first kappa shape index (κ1) is 36.2. The maximum absolute atomic E-state index is 13.9. The van der Waals surface area contributed by atoms with Crippen molar-refractivity contribution < 1.29 is 46.0 Å². The Hall–Kier alpha value is -4.08. The molecule has 1 aromatic heterocycles. The number of likely N-dealkylation sites (tertiary alicyclic amines) is 1. The Morgan fingerprint density at radius 2 is 1.51 bits per heavy atom. The van der Waals surface area contributed by atoms with E-state index in [0.717, 1.165) is 5.56 Å². The molecule has 3 aliphatic heterocycles. The van der Waals surface area contributed by atoms with Crippen molar-refractivity contribution in [3.8, 4) is 5.75 Å². The number of anilines is 3. The van der Waals surface area contributed by atoms with Crippen molar-refractivity contribution in [3.63, 3.8) is 0 Å². The largest absolute Gasteiger partial charge is 0.486 e. The van der Waals surface area contributed by atoms with E-state index in [0.29, 0.717) is 48.6 Å². The third-order valence-electron chi connectivity index (χ3n) is 8.20. The molecule has 0 N–H and O–H groups in total. The number of ether oxygens (including phenoxy) is 3. The van der Waals surface area contributed by atoms with Gasteiger partial charge in [-0.15, -0.1) is 0 Å². The van der Waals surface area contributed by atoms with Gasteiger partial charge in [-0.1, -0.05) is 6.07 Å². The fourth-order valence-corrected chi connectivity index (χ4v) is 7.72. The Balaban J connectivity index is 1.45. The fraction of sp³-hybridized carbons (Fsp3) is 0.576. The van der Waals surface area contributed by atoms with Gasteiger partial charge in [-0.05, 0) is 84.1 Å². The molecular formula is C33H42F3N5O7S. The van der Waals surface area contributed by atoms with E-state index in [1.54, 1.807) is 37.8 Å². The van der Waals surface area contributed by atoms with E-state index in [9.17, 15) is 31.8 Å². The molecule has 16 heteroatoms. The van der Waals surface area contributed by atoms with Crippen molar-refractivity contribution >= 4 is 45.0 Å². The van der Waals surface area contributed by atoms with Gasteiger partial charge in [0.25, 0.3) is 0 Å². The molecule has 0 atom stereocenters. The number of carbonyl (C=O) groups excluding carboxylic acids is 3. The summed E-state index contributed by atoms with van der Waals surface area (Å²) in [4.78, 5) is 47.5. The fourth-order valence-electron chi connectivity index (χ4n) is 5.92. The minimum absolute atomic E-state index is 0.00123. The molecule has 0 aliphatic carbocycles. The van der Waals surface area contributed by atoms with Crippen LogP contribution in [0.2, 0.25) is 0 Å². The molecule has 3 amide bonds. The summed E-state index contributed by atoms with van der Waals surface area (Å²) in [5.74, 6) is -2.10. The number of rotatable bonds is 2. The molecule has 0 spiro atoms. The van der Waals surface area contributed by atoms with Gasteiger partial charge in [-0.25, -0.2) is 23.7 Å². The van der Waals surface area contributed by atoms with E-state index in [-0.39, 0.29) is 49.0 Å². The number of fused-ring (bicyclic) bond motifs is 2. The maximum Gasteiger partial charge on any atom is 0.474 e. The number of halogens is 3. The van der Waals surface area contributed by atoms with Gasteiger partial charge in [0.15, 0.2) is 5.82 Å². The molecule has 5 rings (SSSR count). The van der Waals surface area contributed by atoms with Crippen LogP contribution < -0.4 is 14.5 Å². The number of carbonyl (C=O) groups is 3. The Morgan fingerprint density at radius 1 is 0.898 bits per heavy atom. The normalized spacial score (nSPS) is 18.4. The van der Waals surface area contributed by atoms with Crippen LogP contribution in [0, 0.1) is 0 Å². The van der Waals surface area contributed by atoms with Gasteiger partial charge in [0.2, 0.25) is 0 Å². The molecule has 12 nitrogen and oxygen atoms in total. The molecule has 2 aromatic rings. The average Bonchev–Trinajstić information content (AvgIpc) is 3.16. The standard InChI is InChI=1S/C33H42F3N5O7S/c1-31(2,3)47-29(43)40-13-10-21(11-14-40)22-7-8-26-25(19-22)41(30(44)48-32(4,5)6)27-23(20-46-26)24(9-12-37-27)39-15-17-49(45,18-16-39)38-28(42)33(34,35)36/h7-9,12,19,21H,10-11,13-18,20H2,1-6H3. The summed E-state index contributed by atoms with van der Waals surface area (Å²) < 4.78 is 72.2. The topological polar surface area (TPSA) is 131 Å². The number of hydrogen-bond acceptors (Lipinski definition) is 9. The van der Waals surface area contributed by atoms with Crippen LogP contribution >= 0.6 is 0 Å². The van der Waals surface area contributed by atoms with E-state index in [2.05, 4.69) is 9.35 Å². The lowest BCUT2D eigenvalue weighted by atomic mass is 9.89. The van der Waals surface area contributed by atoms with Crippen molar-refractivity contribution in [1.29, 1.82) is 0 Å². The van der Waals surface area contributed by atoms with Crippen LogP contribution in [-0.4, -0.2) is 87.2 Å². The van der Waals surface area contributed by atoms with E-state index in [4.69, 9.17) is 14.2 Å². The zero-order valence-electron chi connectivity index (χ0n) is 28.5. The van der Waals surface area contributed by atoms with Gasteiger partial charge < -0.3 is 24.0 Å². The molecule has 49 heavy (non-hydrogen) atoms. The first-order chi connectivity index (χ1) is 22.7. The van der Waals surface area contributed by atoms with Crippen LogP contribution in [0.25, 0.3) is 0 Å². The van der Waals surface area contributed by atoms with Crippen molar-refractivity contribution in [2.45, 2.75) is 84.3 Å². The van der Waals surface area contributed by atoms with Crippen molar-refractivity contribution in [2.24, 2.45) is 4.36 Å². The number of piperidine rings is 1. The van der Waals surface area contributed by atoms with Crippen molar-refractivity contribution in [3.05, 3.63) is 41.6 Å². The Labute approximate surface area is 284 Å². The lowest BCUT2D eigenvalue weighted by molar-refractivity contribution is -0.169. The molecule has 0 unspecified atom stereocenters. The summed E-state index contributed by atoms with van der Waals surface area (Å²) in [5, 5.41) is 0. The summed E-state index contributed by atoms with van der Waals surface area (Å²) in [6.45, 7) is 11.9. The SMILES string of the molecule is CC(C)(C)OC(=O)N1CCC(c2ccc3c(c2)N(C(=O)OC(C)(C)C)c2nccc(N4CCS(=O)(=NC(=O)C(F)(F)F)CC4)c2CO3)CC1. The highest BCUT2D eigenvalue weighted by Gasteiger charge is 2.41. The molecule has 0 radical (unpaired) electrons. The molecule has 1 aromatic carbocycles. The van der Waals surface area contributed by atoms with Crippen LogP contribution in [0.1, 0.15) is 71.4 Å². The quantitative estimate of drug-likeness (QED) is 0.341. The van der Waals surface area contributed by atoms with Crippen LogP contribution in [0.3, 0.4) is 0 Å². The van der Waals surface area contributed by atoms with E-state index < -0.39 is 39.1 Å². The number of benzene rings is 1. The minimum Gasteiger partial charge on any atom is -0.486 e. The number of amides is 3. The summed E-state index contributed by atoms with van der Waals surface area (Å²) in [7, 11) is -3.41. The van der Waals surface area contributed by atoms with Crippen LogP contribution in [-0.2, 0) is 30.6 Å². The smallest absolute Gasteiger partial charge is 0.474 e. The predicted octanol–water partition coefficient (Wildman–Crippen LogP) is 6.54. The second-order valence-corrected chi connectivity index (χ2v) is 16.8. The van der Waals surface area contributed by atoms with Gasteiger partial charge in [-0.3, -0.25) is 4.79 Å². The lowest BCUT2D eigenvalue weighted by Crippen LogP contribution is -2.42. The van der Waals surface area contributed by atoms with Crippen LogP contribution in [0.5, 0.6) is 5.75 Å². The second-order valence-electron chi connectivity index (χ2n) is 14.3. The predicted molar refractivity (Wildman–Crippen MR) is 177 cm³/mol. The number of pyridine rings is 1. The average molecular weight is 710 g/mol. The van der Waals surface area contributed by atoms with Gasteiger partial charge in [-0.2, -0.15) is 17.5 Å². The molecule has 0 saturated carbocycles. The molecule has 3 aliphatic rings. The van der Waals surface area contributed by atoms with E-state index in [1.807, 2.05) is 37.8 Å². The van der Waals surface area contributed by atoms with Gasteiger partial charge in [0, 0.05) is 49.6 Å². The third kappa shape index (κ3) is 8.57. The lowest BCUT2D eigenvalue weighted by Gasteiger charge is -2.34. The van der Waals surface area contributed by atoms with E-state index >= 15 is 0 Å². The number of hydrogen-bond donors (Lipinski definition) is 0. The Morgan fingerprint density at radius 3 is 2.10 bits per heavy atom. The Kier molecular flexibility index (Phi) is 9.85. The number of aromatic nitrogens is 1. The highest BCUT2D eigenvalue weighted by molar-refractivity contribution is 7.94. The van der Waals surface area contributed by atoms with Crippen LogP contribution in [0.15, 0.2) is 34.8 Å². The minimum atomic E-state index is -5.20. The van der Waals surface area contributed by atoms with Crippen molar-refractivity contribution in [2.75, 3.05) is 47.5 Å². The highest BCUT2D eigenvalue weighted by Crippen LogP contribution is 2.44. The number of nitrogens with zero attached hydrogens (tertiary/aromatic N) is 5. The van der Waals surface area contributed by atoms with Gasteiger partial charge in [0.1, 0.15) is 23.6 Å². The zero-order valence-corrected chi connectivity index (χ0v) is 29.3. The molecule has 2 saturated heterocycles. The number of alkyl halides is 3. The first-order valence-corrected chi connectivity index (χ1v) is 17.9. The summed E-state index contributed by atoms with van der Waals surface area (Å²) >= 11 is 0. The Bertz CT molecular complexity index is 1720. The first-order valence-electron chi connectivity index (χ1n) is 16.1. The summed E-state index contributed by atoms with van der Waals surface area (Å²) in [6, 6.07) is 7.31. The van der Waals surface area contributed by atoms with Crippen molar-refractivity contribution in [1.82, 2.24) is 9.88 Å². The summed E-state index contributed by atoms with van der Waals surface area (Å²) in [5.41, 5.74) is 1.04. The van der Waals surface area contributed by atoms with Gasteiger partial charge >= 0.3 is 24.3 Å². The maximum atomic E-state index is 13.9. The summed E-state index contributed by atoms with van der Waals surface area (Å²) in [6.07, 6.45) is -3.36. The zero-order chi connectivity index (χ0) is 35.9. The van der Waals surface area contributed by atoms with E-state index in [1.165, 1.54) is 11.1 Å². The molecule has 0 bridgehead atoms. The monoisotopic (exact) mass is 709 g/mol. The third-order valence-corrected chi connectivity index (χ3v) is 10.3. The molecule has 268 valence electrons.